The molecule has 1 amide bonds. The Morgan fingerprint density at radius 3 is 2.57 bits per heavy atom. The van der Waals surface area contributed by atoms with Crippen LogP contribution in [0.4, 0.5) is 15.8 Å². The first-order chi connectivity index (χ1) is 10.1. The Kier molecular flexibility index (Phi) is 4.61. The van der Waals surface area contributed by atoms with Gasteiger partial charge in [-0.25, -0.2) is 4.39 Å². The molecule has 0 atom stereocenters. The maximum absolute atomic E-state index is 13.5. The summed E-state index contributed by atoms with van der Waals surface area (Å²) >= 11 is 0. The first-order valence-electron chi connectivity index (χ1n) is 6.38. The number of benzene rings is 2. The summed E-state index contributed by atoms with van der Waals surface area (Å²) in [6.45, 7) is 0.743. The van der Waals surface area contributed by atoms with Crippen molar-refractivity contribution in [3.8, 4) is 5.75 Å². The van der Waals surface area contributed by atoms with Gasteiger partial charge in [0.2, 0.25) is 0 Å². The predicted molar refractivity (Wildman–Crippen MR) is 79.8 cm³/mol. The van der Waals surface area contributed by atoms with Crippen molar-refractivity contribution >= 4 is 17.3 Å². The summed E-state index contributed by atoms with van der Waals surface area (Å²) in [6, 6.07) is 11.3. The van der Waals surface area contributed by atoms with Crippen molar-refractivity contribution in [3.63, 3.8) is 0 Å². The quantitative estimate of drug-likeness (QED) is 0.560. The highest BCUT2D eigenvalue weighted by Gasteiger charge is 2.13. The molecule has 2 aromatic carbocycles. The fourth-order valence-electron chi connectivity index (χ4n) is 1.84. The lowest BCUT2D eigenvalue weighted by atomic mass is 10.1. The number of halogens is 1. The average molecular weight is 289 g/mol. The van der Waals surface area contributed by atoms with Crippen molar-refractivity contribution in [2.75, 3.05) is 24.2 Å². The average Bonchev–Trinajstić information content (AvgIpc) is 2.45. The normalized spacial score (nSPS) is 10.1. The van der Waals surface area contributed by atoms with E-state index in [-0.39, 0.29) is 5.56 Å². The number of primary amides is 1. The van der Waals surface area contributed by atoms with Crippen LogP contribution in [-0.4, -0.2) is 19.1 Å². The van der Waals surface area contributed by atoms with Gasteiger partial charge in [0.15, 0.2) is 0 Å². The van der Waals surface area contributed by atoms with Crippen LogP contribution in [0, 0.1) is 5.82 Å². The van der Waals surface area contributed by atoms with Gasteiger partial charge in [0.1, 0.15) is 18.2 Å². The number of nitrogen functional groups attached to an aromatic ring is 1. The van der Waals surface area contributed by atoms with Gasteiger partial charge < -0.3 is 21.5 Å². The van der Waals surface area contributed by atoms with E-state index in [9.17, 15) is 9.18 Å². The Morgan fingerprint density at radius 2 is 1.90 bits per heavy atom. The lowest BCUT2D eigenvalue weighted by Gasteiger charge is -2.11. The monoisotopic (exact) mass is 289 g/mol. The molecule has 5 N–H and O–H groups in total. The second-order valence-corrected chi connectivity index (χ2v) is 4.37. The van der Waals surface area contributed by atoms with Crippen LogP contribution in [-0.2, 0) is 0 Å². The number of hydrogen-bond acceptors (Lipinski definition) is 4. The van der Waals surface area contributed by atoms with E-state index in [0.717, 1.165) is 0 Å². The fourth-order valence-corrected chi connectivity index (χ4v) is 1.84. The predicted octanol–water partition coefficient (Wildman–Crippen LogP) is 2.00. The molecular weight excluding hydrogens is 273 g/mol. The summed E-state index contributed by atoms with van der Waals surface area (Å²) in [4.78, 5) is 11.2. The highest BCUT2D eigenvalue weighted by molar-refractivity contribution is 5.98. The first-order valence-corrected chi connectivity index (χ1v) is 6.38. The molecular formula is C15H16FN3O2. The van der Waals surface area contributed by atoms with Crippen molar-refractivity contribution in [1.82, 2.24) is 0 Å². The van der Waals surface area contributed by atoms with E-state index < -0.39 is 11.7 Å². The second kappa shape index (κ2) is 6.60. The van der Waals surface area contributed by atoms with Crippen LogP contribution in [0.3, 0.4) is 0 Å². The molecule has 0 saturated carbocycles. The van der Waals surface area contributed by atoms with Crippen LogP contribution in [0.2, 0.25) is 0 Å². The first kappa shape index (κ1) is 14.6. The largest absolute Gasteiger partial charge is 0.492 e. The maximum Gasteiger partial charge on any atom is 0.253 e. The Hall–Kier alpha value is -2.76. The van der Waals surface area contributed by atoms with Gasteiger partial charge in [-0.1, -0.05) is 6.07 Å². The van der Waals surface area contributed by atoms with Gasteiger partial charge in [-0.05, 0) is 36.4 Å². The highest BCUT2D eigenvalue weighted by atomic mass is 19.1. The van der Waals surface area contributed by atoms with Crippen LogP contribution in [0.1, 0.15) is 10.4 Å². The third kappa shape index (κ3) is 3.85. The van der Waals surface area contributed by atoms with Gasteiger partial charge in [-0.3, -0.25) is 4.79 Å². The molecule has 0 aliphatic rings. The van der Waals surface area contributed by atoms with Gasteiger partial charge in [-0.15, -0.1) is 0 Å². The number of anilines is 2. The topological polar surface area (TPSA) is 90.4 Å². The van der Waals surface area contributed by atoms with E-state index in [4.69, 9.17) is 16.2 Å². The number of carbonyl (C=O) groups is 1. The zero-order valence-electron chi connectivity index (χ0n) is 11.3. The van der Waals surface area contributed by atoms with Crippen LogP contribution in [0.5, 0.6) is 5.75 Å². The minimum absolute atomic E-state index is 0.148. The summed E-state index contributed by atoms with van der Waals surface area (Å²) in [7, 11) is 0. The summed E-state index contributed by atoms with van der Waals surface area (Å²) in [5.74, 6) is -0.776. The molecule has 0 aromatic heterocycles. The molecule has 0 fully saturated rings. The van der Waals surface area contributed by atoms with Crippen LogP contribution in [0.25, 0.3) is 0 Å². The number of hydrogen-bond donors (Lipinski definition) is 3. The lowest BCUT2D eigenvalue weighted by Crippen LogP contribution is -2.18. The number of carbonyl (C=O) groups excluding carboxylic acids is 1. The standard InChI is InChI=1S/C15H16FN3O2/c16-12-2-1-3-13(14(12)15(18)20)19-8-9-21-11-6-4-10(17)5-7-11/h1-7,19H,8-9,17H2,(H2,18,20). The van der Waals surface area contributed by atoms with Gasteiger partial charge in [0.05, 0.1) is 11.3 Å². The zero-order chi connectivity index (χ0) is 15.2. The number of ether oxygens (including phenoxy) is 1. The van der Waals surface area contributed by atoms with Crippen molar-refractivity contribution in [2.45, 2.75) is 0 Å². The summed E-state index contributed by atoms with van der Waals surface area (Å²) < 4.78 is 19.0. The van der Waals surface area contributed by atoms with Gasteiger partial charge in [0.25, 0.3) is 5.91 Å². The Bertz CT molecular complexity index is 629. The van der Waals surface area contributed by atoms with E-state index in [1.54, 1.807) is 30.3 Å². The molecule has 2 rings (SSSR count). The van der Waals surface area contributed by atoms with Crippen molar-refractivity contribution in [1.29, 1.82) is 0 Å². The molecule has 21 heavy (non-hydrogen) atoms. The van der Waals surface area contributed by atoms with E-state index in [2.05, 4.69) is 5.32 Å². The van der Waals surface area contributed by atoms with Crippen LogP contribution >= 0.6 is 0 Å². The lowest BCUT2D eigenvalue weighted by molar-refractivity contribution is 0.0997. The molecule has 5 nitrogen and oxygen atoms in total. The SMILES string of the molecule is NC(=O)c1c(F)cccc1NCCOc1ccc(N)cc1. The summed E-state index contributed by atoms with van der Waals surface area (Å²) in [6.07, 6.45) is 0. The molecule has 0 unspecified atom stereocenters. The number of nitrogens with one attached hydrogen (secondary N) is 1. The maximum atomic E-state index is 13.5. The molecule has 0 aliphatic carbocycles. The van der Waals surface area contributed by atoms with Crippen molar-refractivity contribution in [3.05, 3.63) is 53.8 Å². The van der Waals surface area contributed by atoms with E-state index in [0.29, 0.717) is 30.3 Å². The van der Waals surface area contributed by atoms with Gasteiger partial charge in [-0.2, -0.15) is 0 Å². The minimum Gasteiger partial charge on any atom is -0.492 e. The second-order valence-electron chi connectivity index (χ2n) is 4.37. The summed E-state index contributed by atoms with van der Waals surface area (Å²) in [5, 5.41) is 2.93. The molecule has 0 saturated heterocycles. The van der Waals surface area contributed by atoms with Crippen LogP contribution in [0.15, 0.2) is 42.5 Å². The molecule has 6 heteroatoms. The summed E-state index contributed by atoms with van der Waals surface area (Å²) in [5.41, 5.74) is 11.6. The van der Waals surface area contributed by atoms with Crippen LogP contribution < -0.4 is 21.5 Å². The number of nitrogens with two attached hydrogens (primary N) is 2. The molecule has 0 aliphatic heterocycles. The zero-order valence-corrected chi connectivity index (χ0v) is 11.3. The number of amides is 1. The van der Waals surface area contributed by atoms with Gasteiger partial charge >= 0.3 is 0 Å². The fraction of sp³-hybridized carbons (Fsp3) is 0.133. The van der Waals surface area contributed by atoms with E-state index in [1.165, 1.54) is 12.1 Å². The molecule has 0 heterocycles. The number of rotatable bonds is 6. The van der Waals surface area contributed by atoms with E-state index in [1.807, 2.05) is 0 Å². The third-order valence-corrected chi connectivity index (χ3v) is 2.83. The molecule has 0 radical (unpaired) electrons. The molecule has 0 bridgehead atoms. The highest BCUT2D eigenvalue weighted by Crippen LogP contribution is 2.18. The Labute approximate surface area is 121 Å². The molecule has 2 aromatic rings. The van der Waals surface area contributed by atoms with Gasteiger partial charge in [0, 0.05) is 12.2 Å². The third-order valence-electron chi connectivity index (χ3n) is 2.83. The smallest absolute Gasteiger partial charge is 0.253 e. The minimum atomic E-state index is -0.810. The van der Waals surface area contributed by atoms with E-state index >= 15 is 0 Å². The Morgan fingerprint density at radius 1 is 1.19 bits per heavy atom. The molecule has 0 spiro atoms. The Balaban J connectivity index is 1.90. The van der Waals surface area contributed by atoms with Crippen molar-refractivity contribution < 1.29 is 13.9 Å². The molecule has 110 valence electrons. The van der Waals surface area contributed by atoms with Crippen molar-refractivity contribution in [2.24, 2.45) is 5.73 Å².